The summed E-state index contributed by atoms with van der Waals surface area (Å²) in [5.41, 5.74) is 2.37. The normalized spacial score (nSPS) is 20.0. The van der Waals surface area contributed by atoms with E-state index in [0.29, 0.717) is 12.0 Å². The summed E-state index contributed by atoms with van der Waals surface area (Å²) in [5, 5.41) is 7.72. The molecule has 0 spiro atoms. The van der Waals surface area contributed by atoms with Gasteiger partial charge >= 0.3 is 0 Å². The Morgan fingerprint density at radius 1 is 1.24 bits per heavy atom. The van der Waals surface area contributed by atoms with Crippen LogP contribution in [0.1, 0.15) is 30.1 Å². The van der Waals surface area contributed by atoms with E-state index >= 15 is 0 Å². The number of hydrogen-bond acceptors (Lipinski definition) is 3. The smallest absolute Gasteiger partial charge is 0.190 e. The first-order valence-corrected chi connectivity index (χ1v) is 10.4. The second-order valence-electron chi connectivity index (χ2n) is 7.33. The minimum absolute atomic E-state index is 0. The summed E-state index contributed by atoms with van der Waals surface area (Å²) in [6.07, 6.45) is 5.11. The Kier molecular flexibility index (Phi) is 10.2. The van der Waals surface area contributed by atoms with Crippen LogP contribution < -0.4 is 10.6 Å². The number of halogens is 2. The maximum Gasteiger partial charge on any atom is 0.190 e. The Hall–Kier alpha value is -1.38. The molecule has 0 amide bonds. The average molecular weight is 528 g/mol. The van der Waals surface area contributed by atoms with Crippen molar-refractivity contribution in [3.05, 3.63) is 64.9 Å². The van der Waals surface area contributed by atoms with Crippen molar-refractivity contribution >= 4 is 41.5 Å². The highest BCUT2D eigenvalue weighted by Crippen LogP contribution is 2.35. The van der Waals surface area contributed by atoms with Crippen molar-refractivity contribution in [2.24, 2.45) is 10.9 Å². The largest absolute Gasteiger partial charge is 0.356 e. The summed E-state index contributed by atoms with van der Waals surface area (Å²) >= 11 is 6.25. The predicted molar refractivity (Wildman–Crippen MR) is 132 cm³/mol. The van der Waals surface area contributed by atoms with Crippen molar-refractivity contribution in [3.8, 4) is 0 Å². The van der Waals surface area contributed by atoms with E-state index < -0.39 is 0 Å². The van der Waals surface area contributed by atoms with E-state index in [1.807, 2.05) is 43.6 Å². The lowest BCUT2D eigenvalue weighted by molar-refractivity contribution is 0.122. The number of likely N-dealkylation sites (tertiary alicyclic amines) is 1. The average Bonchev–Trinajstić information content (AvgIpc) is 2.71. The van der Waals surface area contributed by atoms with Crippen molar-refractivity contribution in [2.45, 2.75) is 25.3 Å². The predicted octanol–water partition coefficient (Wildman–Crippen LogP) is 4.14. The number of aliphatic imine (C=N–C) groups is 1. The number of aromatic nitrogens is 1. The third-order valence-electron chi connectivity index (χ3n) is 5.35. The van der Waals surface area contributed by atoms with E-state index in [0.717, 1.165) is 42.7 Å². The molecule has 2 aromatic rings. The van der Waals surface area contributed by atoms with E-state index in [9.17, 15) is 0 Å². The summed E-state index contributed by atoms with van der Waals surface area (Å²) in [7, 11) is 4.02. The molecule has 2 heterocycles. The number of rotatable bonds is 6. The van der Waals surface area contributed by atoms with Gasteiger partial charge in [-0.2, -0.15) is 0 Å². The number of hydrogen-bond donors (Lipinski definition) is 2. The van der Waals surface area contributed by atoms with Gasteiger partial charge in [0.1, 0.15) is 0 Å². The Balaban J connectivity index is 0.00000300. The van der Waals surface area contributed by atoms with Gasteiger partial charge in [0, 0.05) is 49.5 Å². The number of nitrogens with one attached hydrogen (secondary N) is 2. The molecule has 0 radical (unpaired) electrons. The fourth-order valence-corrected chi connectivity index (χ4v) is 4.19. The monoisotopic (exact) mass is 527 g/mol. The summed E-state index contributed by atoms with van der Waals surface area (Å²) < 4.78 is 0. The Bertz CT molecular complexity index is 771. The minimum Gasteiger partial charge on any atom is -0.356 e. The van der Waals surface area contributed by atoms with Gasteiger partial charge in [0.2, 0.25) is 0 Å². The summed E-state index contributed by atoms with van der Waals surface area (Å²) in [6, 6.07) is 14.6. The molecule has 158 valence electrons. The van der Waals surface area contributed by atoms with Crippen LogP contribution in [0.3, 0.4) is 0 Å². The first kappa shape index (κ1) is 23.9. The SMILES string of the molecule is CN=C(NCCc1ccccn1)NCC1CCCN(C)C1c1cccc(Cl)c1.I. The Morgan fingerprint density at radius 3 is 2.83 bits per heavy atom. The molecular weight excluding hydrogens is 497 g/mol. The number of benzene rings is 1. The van der Waals surface area contributed by atoms with Crippen LogP contribution in [0, 0.1) is 5.92 Å². The van der Waals surface area contributed by atoms with E-state index in [-0.39, 0.29) is 24.0 Å². The van der Waals surface area contributed by atoms with Crippen LogP contribution in [-0.2, 0) is 6.42 Å². The van der Waals surface area contributed by atoms with Crippen LogP contribution in [0.5, 0.6) is 0 Å². The fraction of sp³-hybridized carbons (Fsp3) is 0.455. The molecule has 2 N–H and O–H groups in total. The van der Waals surface area contributed by atoms with E-state index in [1.165, 1.54) is 18.4 Å². The molecule has 0 bridgehead atoms. The molecule has 2 atom stereocenters. The van der Waals surface area contributed by atoms with Gasteiger partial charge in [-0.25, -0.2) is 0 Å². The lowest BCUT2D eigenvalue weighted by atomic mass is 9.85. The van der Waals surface area contributed by atoms with Crippen molar-refractivity contribution in [1.82, 2.24) is 20.5 Å². The van der Waals surface area contributed by atoms with Crippen LogP contribution in [0.15, 0.2) is 53.7 Å². The zero-order valence-electron chi connectivity index (χ0n) is 17.1. The molecule has 1 aliphatic heterocycles. The molecular formula is C22H31ClIN5. The second-order valence-corrected chi connectivity index (χ2v) is 7.77. The van der Waals surface area contributed by atoms with Gasteiger partial charge < -0.3 is 10.6 Å². The second kappa shape index (κ2) is 12.3. The highest BCUT2D eigenvalue weighted by atomic mass is 127. The number of nitrogens with zero attached hydrogens (tertiary/aromatic N) is 3. The van der Waals surface area contributed by atoms with Gasteiger partial charge in [-0.15, -0.1) is 24.0 Å². The van der Waals surface area contributed by atoms with Gasteiger partial charge in [0.25, 0.3) is 0 Å². The highest BCUT2D eigenvalue weighted by Gasteiger charge is 2.30. The highest BCUT2D eigenvalue weighted by molar-refractivity contribution is 14.0. The molecule has 5 nitrogen and oxygen atoms in total. The molecule has 1 aromatic heterocycles. The van der Waals surface area contributed by atoms with Gasteiger partial charge in [0.15, 0.2) is 5.96 Å². The van der Waals surface area contributed by atoms with Gasteiger partial charge in [-0.1, -0.05) is 29.8 Å². The van der Waals surface area contributed by atoms with Gasteiger partial charge in [-0.05, 0) is 62.2 Å². The van der Waals surface area contributed by atoms with Crippen LogP contribution in [0.2, 0.25) is 5.02 Å². The first-order chi connectivity index (χ1) is 13.7. The van der Waals surface area contributed by atoms with Gasteiger partial charge in [0.05, 0.1) is 0 Å². The van der Waals surface area contributed by atoms with Crippen LogP contribution in [-0.4, -0.2) is 49.6 Å². The lowest BCUT2D eigenvalue weighted by Crippen LogP contribution is -2.45. The summed E-state index contributed by atoms with van der Waals surface area (Å²) in [4.78, 5) is 11.2. The number of pyridine rings is 1. The molecule has 1 saturated heterocycles. The molecule has 0 saturated carbocycles. The molecule has 29 heavy (non-hydrogen) atoms. The molecule has 2 unspecified atom stereocenters. The van der Waals surface area contributed by atoms with E-state index in [4.69, 9.17) is 11.6 Å². The van der Waals surface area contributed by atoms with Crippen molar-refractivity contribution in [3.63, 3.8) is 0 Å². The molecule has 7 heteroatoms. The zero-order valence-corrected chi connectivity index (χ0v) is 20.2. The maximum absolute atomic E-state index is 6.25. The standard InChI is InChI=1S/C22H30ClN5.HI/c1-24-22(26-13-11-20-10-3-4-12-25-20)27-16-18-8-6-14-28(2)21(18)17-7-5-9-19(23)15-17;/h3-5,7,9-10,12,15,18,21H,6,8,11,13-14,16H2,1-2H3,(H2,24,26,27);1H. The Labute approximate surface area is 196 Å². The van der Waals surface area contributed by atoms with Crippen molar-refractivity contribution in [1.29, 1.82) is 0 Å². The quantitative estimate of drug-likeness (QED) is 0.337. The molecule has 1 aromatic carbocycles. The topological polar surface area (TPSA) is 52.6 Å². The molecule has 1 aliphatic rings. The maximum atomic E-state index is 6.25. The van der Waals surface area contributed by atoms with Crippen molar-refractivity contribution < 1.29 is 0 Å². The van der Waals surface area contributed by atoms with Crippen molar-refractivity contribution in [2.75, 3.05) is 33.7 Å². The fourth-order valence-electron chi connectivity index (χ4n) is 3.99. The number of guanidine groups is 1. The summed E-state index contributed by atoms with van der Waals surface area (Å²) in [5.74, 6) is 1.35. The van der Waals surface area contributed by atoms with Crippen LogP contribution >= 0.6 is 35.6 Å². The third kappa shape index (κ3) is 7.12. The first-order valence-electron chi connectivity index (χ1n) is 9.97. The van der Waals surface area contributed by atoms with Crippen LogP contribution in [0.4, 0.5) is 0 Å². The van der Waals surface area contributed by atoms with E-state index in [2.05, 4.69) is 44.7 Å². The lowest BCUT2D eigenvalue weighted by Gasteiger charge is -2.40. The van der Waals surface area contributed by atoms with E-state index in [1.54, 1.807) is 0 Å². The minimum atomic E-state index is 0. The van der Waals surface area contributed by atoms with Crippen LogP contribution in [0.25, 0.3) is 0 Å². The molecule has 1 fully saturated rings. The molecule has 0 aliphatic carbocycles. The zero-order chi connectivity index (χ0) is 19.8. The molecule has 3 rings (SSSR count). The number of piperidine rings is 1. The van der Waals surface area contributed by atoms with Gasteiger partial charge in [-0.3, -0.25) is 14.9 Å². The Morgan fingerprint density at radius 2 is 2.10 bits per heavy atom. The third-order valence-corrected chi connectivity index (χ3v) is 5.59. The summed E-state index contributed by atoms with van der Waals surface area (Å²) in [6.45, 7) is 2.80.